The van der Waals surface area contributed by atoms with Crippen molar-refractivity contribution in [2.75, 3.05) is 4.43 Å². The zero-order valence-electron chi connectivity index (χ0n) is 7.98. The van der Waals surface area contributed by atoms with Gasteiger partial charge in [0.25, 0.3) is 0 Å². The SMILES string of the molecule is Cc1ccccc1.NC(CI)C(=O)O. The molecule has 0 aromatic heterocycles. The molecule has 1 aromatic carbocycles. The number of carboxylic acids is 1. The summed E-state index contributed by atoms with van der Waals surface area (Å²) in [6, 6.07) is 9.57. The van der Waals surface area contributed by atoms with Crippen molar-refractivity contribution in [2.45, 2.75) is 13.0 Å². The number of carboxylic acid groups (broad SMARTS) is 1. The summed E-state index contributed by atoms with van der Waals surface area (Å²) in [4.78, 5) is 9.80. The summed E-state index contributed by atoms with van der Waals surface area (Å²) in [6.07, 6.45) is 0. The van der Waals surface area contributed by atoms with Gasteiger partial charge in [0.1, 0.15) is 6.04 Å². The molecule has 0 saturated carbocycles. The van der Waals surface area contributed by atoms with Crippen LogP contribution in [0.1, 0.15) is 5.56 Å². The molecule has 1 aromatic rings. The Hall–Kier alpha value is -0.620. The van der Waals surface area contributed by atoms with E-state index in [1.165, 1.54) is 5.56 Å². The van der Waals surface area contributed by atoms with E-state index in [0.29, 0.717) is 4.43 Å². The fraction of sp³-hybridized carbons (Fsp3) is 0.300. The quantitative estimate of drug-likeness (QED) is 0.647. The zero-order valence-corrected chi connectivity index (χ0v) is 10.1. The van der Waals surface area contributed by atoms with E-state index < -0.39 is 12.0 Å². The topological polar surface area (TPSA) is 63.3 Å². The Bertz CT molecular complexity index is 264. The summed E-state index contributed by atoms with van der Waals surface area (Å²) in [5.41, 5.74) is 6.33. The Morgan fingerprint density at radius 1 is 1.50 bits per heavy atom. The lowest BCUT2D eigenvalue weighted by Crippen LogP contribution is -2.31. The third-order valence-corrected chi connectivity index (χ3v) is 2.37. The van der Waals surface area contributed by atoms with E-state index in [4.69, 9.17) is 10.8 Å². The summed E-state index contributed by atoms with van der Waals surface area (Å²) < 4.78 is 0.465. The average molecular weight is 307 g/mol. The molecule has 0 amide bonds. The van der Waals surface area contributed by atoms with Crippen molar-refractivity contribution in [3.8, 4) is 0 Å². The second-order valence-electron chi connectivity index (χ2n) is 2.75. The van der Waals surface area contributed by atoms with Gasteiger partial charge in [0, 0.05) is 4.43 Å². The van der Waals surface area contributed by atoms with Crippen LogP contribution in [0.15, 0.2) is 30.3 Å². The van der Waals surface area contributed by atoms with E-state index in [-0.39, 0.29) is 0 Å². The van der Waals surface area contributed by atoms with Gasteiger partial charge in [-0.1, -0.05) is 58.5 Å². The molecule has 78 valence electrons. The molecule has 0 heterocycles. The molecule has 1 unspecified atom stereocenters. The molecule has 0 saturated heterocycles. The Kier molecular flexibility index (Phi) is 7.41. The maximum Gasteiger partial charge on any atom is 0.321 e. The maximum absolute atomic E-state index is 9.80. The van der Waals surface area contributed by atoms with Crippen molar-refractivity contribution < 1.29 is 9.90 Å². The monoisotopic (exact) mass is 307 g/mol. The van der Waals surface area contributed by atoms with Crippen LogP contribution in [-0.2, 0) is 4.79 Å². The van der Waals surface area contributed by atoms with Crippen LogP contribution >= 0.6 is 22.6 Å². The predicted molar refractivity (Wildman–Crippen MR) is 65.7 cm³/mol. The van der Waals surface area contributed by atoms with E-state index in [2.05, 4.69) is 19.1 Å². The average Bonchev–Trinajstić information content (AvgIpc) is 2.18. The smallest absolute Gasteiger partial charge is 0.321 e. The summed E-state index contributed by atoms with van der Waals surface area (Å²) in [7, 11) is 0. The van der Waals surface area contributed by atoms with E-state index in [1.807, 2.05) is 40.8 Å². The maximum atomic E-state index is 9.80. The minimum Gasteiger partial charge on any atom is -0.480 e. The second kappa shape index (κ2) is 7.75. The highest BCUT2D eigenvalue weighted by Gasteiger charge is 2.06. The van der Waals surface area contributed by atoms with Crippen molar-refractivity contribution in [3.05, 3.63) is 35.9 Å². The van der Waals surface area contributed by atoms with Gasteiger partial charge in [0.05, 0.1) is 0 Å². The van der Waals surface area contributed by atoms with Gasteiger partial charge in [-0.2, -0.15) is 0 Å². The van der Waals surface area contributed by atoms with Crippen LogP contribution in [0.3, 0.4) is 0 Å². The van der Waals surface area contributed by atoms with Crippen LogP contribution in [0.5, 0.6) is 0 Å². The number of aryl methyl sites for hydroxylation is 1. The number of hydrogen-bond acceptors (Lipinski definition) is 2. The van der Waals surface area contributed by atoms with Gasteiger partial charge < -0.3 is 10.8 Å². The summed E-state index contributed by atoms with van der Waals surface area (Å²) in [5.74, 6) is -0.936. The third kappa shape index (κ3) is 6.85. The Morgan fingerprint density at radius 3 is 2.14 bits per heavy atom. The summed E-state index contributed by atoms with van der Waals surface area (Å²) in [6.45, 7) is 2.08. The Morgan fingerprint density at radius 2 is 2.00 bits per heavy atom. The minimum absolute atomic E-state index is 0.465. The molecule has 1 rings (SSSR count). The number of rotatable bonds is 2. The number of hydrogen-bond donors (Lipinski definition) is 2. The first-order valence-electron chi connectivity index (χ1n) is 4.14. The number of carbonyl (C=O) groups is 1. The molecular weight excluding hydrogens is 293 g/mol. The zero-order chi connectivity index (χ0) is 11.0. The largest absolute Gasteiger partial charge is 0.480 e. The van der Waals surface area contributed by atoms with Gasteiger partial charge in [-0.25, -0.2) is 0 Å². The van der Waals surface area contributed by atoms with Crippen molar-refractivity contribution in [1.29, 1.82) is 0 Å². The lowest BCUT2D eigenvalue weighted by molar-refractivity contribution is -0.137. The number of benzene rings is 1. The third-order valence-electron chi connectivity index (χ3n) is 1.42. The second-order valence-corrected chi connectivity index (χ2v) is 3.63. The molecule has 0 spiro atoms. The molecule has 0 radical (unpaired) electrons. The number of alkyl halides is 1. The molecule has 0 aliphatic heterocycles. The highest BCUT2D eigenvalue weighted by molar-refractivity contribution is 14.1. The highest BCUT2D eigenvalue weighted by Crippen LogP contribution is 1.92. The van der Waals surface area contributed by atoms with Gasteiger partial charge in [0.2, 0.25) is 0 Å². The molecule has 3 N–H and O–H groups in total. The predicted octanol–water partition coefficient (Wildman–Crippen LogP) is 1.83. The van der Waals surface area contributed by atoms with Gasteiger partial charge in [-0.15, -0.1) is 0 Å². The van der Waals surface area contributed by atoms with Gasteiger partial charge in [-0.05, 0) is 6.92 Å². The molecule has 0 fully saturated rings. The molecular formula is C10H14INO2. The normalized spacial score (nSPS) is 11.1. The molecule has 4 heteroatoms. The summed E-state index contributed by atoms with van der Waals surface area (Å²) in [5, 5.41) is 8.05. The first-order valence-corrected chi connectivity index (χ1v) is 5.66. The van der Waals surface area contributed by atoms with Crippen LogP contribution in [0.25, 0.3) is 0 Å². The highest BCUT2D eigenvalue weighted by atomic mass is 127. The van der Waals surface area contributed by atoms with E-state index in [1.54, 1.807) is 0 Å². The van der Waals surface area contributed by atoms with Gasteiger partial charge >= 0.3 is 5.97 Å². The van der Waals surface area contributed by atoms with Crippen molar-refractivity contribution in [1.82, 2.24) is 0 Å². The first kappa shape index (κ1) is 13.4. The first-order chi connectivity index (χ1) is 6.57. The molecule has 14 heavy (non-hydrogen) atoms. The van der Waals surface area contributed by atoms with Crippen molar-refractivity contribution >= 4 is 28.6 Å². The van der Waals surface area contributed by atoms with E-state index in [9.17, 15) is 4.79 Å². The van der Waals surface area contributed by atoms with Gasteiger partial charge in [-0.3, -0.25) is 4.79 Å². The van der Waals surface area contributed by atoms with Crippen LogP contribution in [-0.4, -0.2) is 21.5 Å². The molecule has 0 bridgehead atoms. The van der Waals surface area contributed by atoms with Crippen molar-refractivity contribution in [2.24, 2.45) is 5.73 Å². The number of nitrogens with two attached hydrogens (primary N) is 1. The number of halogens is 1. The van der Waals surface area contributed by atoms with Crippen LogP contribution in [0.4, 0.5) is 0 Å². The van der Waals surface area contributed by atoms with E-state index in [0.717, 1.165) is 0 Å². The van der Waals surface area contributed by atoms with Gasteiger partial charge in [0.15, 0.2) is 0 Å². The van der Waals surface area contributed by atoms with Crippen LogP contribution in [0, 0.1) is 6.92 Å². The molecule has 1 atom stereocenters. The standard InChI is InChI=1S/C7H8.C3H6INO2/c1-7-5-3-2-4-6-7;4-1-2(5)3(6)7/h2-6H,1H3;2H,1,5H2,(H,6,7). The van der Waals surface area contributed by atoms with Crippen LogP contribution in [0.2, 0.25) is 0 Å². The summed E-state index contributed by atoms with van der Waals surface area (Å²) >= 11 is 1.92. The number of aliphatic carboxylic acids is 1. The van der Waals surface area contributed by atoms with E-state index >= 15 is 0 Å². The fourth-order valence-electron chi connectivity index (χ4n) is 0.600. The fourth-order valence-corrected chi connectivity index (χ4v) is 0.977. The minimum atomic E-state index is -0.936. The molecule has 0 aliphatic carbocycles. The Labute approximate surface area is 97.5 Å². The molecule has 0 aliphatic rings. The lowest BCUT2D eigenvalue weighted by atomic mass is 10.2. The van der Waals surface area contributed by atoms with Crippen molar-refractivity contribution in [3.63, 3.8) is 0 Å². The molecule has 3 nitrogen and oxygen atoms in total. The Balaban J connectivity index is 0.000000241. The lowest BCUT2D eigenvalue weighted by Gasteiger charge is -1.95. The van der Waals surface area contributed by atoms with Crippen LogP contribution < -0.4 is 5.73 Å².